The maximum absolute atomic E-state index is 12.7. The van der Waals surface area contributed by atoms with E-state index in [9.17, 15) is 4.79 Å². The lowest BCUT2D eigenvalue weighted by atomic mass is 10.1. The van der Waals surface area contributed by atoms with Gasteiger partial charge in [0.15, 0.2) is 0 Å². The minimum Gasteiger partial charge on any atom is -0.337 e. The minimum atomic E-state index is 0.00224. The van der Waals surface area contributed by atoms with Crippen molar-refractivity contribution in [1.29, 1.82) is 0 Å². The van der Waals surface area contributed by atoms with Crippen LogP contribution >= 0.6 is 0 Å². The molecule has 0 unspecified atom stereocenters. The van der Waals surface area contributed by atoms with Crippen LogP contribution < -0.4 is 5.73 Å². The fourth-order valence-corrected chi connectivity index (χ4v) is 1.90. The van der Waals surface area contributed by atoms with Crippen molar-refractivity contribution in [2.75, 3.05) is 40.3 Å². The summed E-state index contributed by atoms with van der Waals surface area (Å²) in [6.07, 6.45) is 4.16. The van der Waals surface area contributed by atoms with Crippen LogP contribution in [0, 0.1) is 11.8 Å². The molecule has 0 aliphatic heterocycles. The van der Waals surface area contributed by atoms with Crippen LogP contribution in [0.1, 0.15) is 29.3 Å². The average Bonchev–Trinajstić information content (AvgIpc) is 2.48. The second kappa shape index (κ2) is 9.11. The lowest BCUT2D eigenvalue weighted by molar-refractivity contribution is 0.0744. The van der Waals surface area contributed by atoms with Crippen LogP contribution in [0.2, 0.25) is 0 Å². The number of carbonyl (C=O) groups excluding carboxylic acids is 1. The summed E-state index contributed by atoms with van der Waals surface area (Å²) in [5.74, 6) is 5.70. The second-order valence-electron chi connectivity index (χ2n) is 5.02. The van der Waals surface area contributed by atoms with E-state index >= 15 is 0 Å². The first kappa shape index (κ1) is 17.2. The summed E-state index contributed by atoms with van der Waals surface area (Å²) in [7, 11) is 4.00. The van der Waals surface area contributed by atoms with E-state index in [4.69, 9.17) is 5.73 Å². The van der Waals surface area contributed by atoms with Crippen LogP contribution in [-0.2, 0) is 0 Å². The number of rotatable bonds is 6. The summed E-state index contributed by atoms with van der Waals surface area (Å²) in [4.78, 5) is 20.7. The summed E-state index contributed by atoms with van der Waals surface area (Å²) in [6.45, 7) is 4.60. The average molecular weight is 288 g/mol. The van der Waals surface area contributed by atoms with Gasteiger partial charge in [0, 0.05) is 32.0 Å². The fourth-order valence-electron chi connectivity index (χ4n) is 1.90. The van der Waals surface area contributed by atoms with E-state index in [1.807, 2.05) is 19.0 Å². The summed E-state index contributed by atoms with van der Waals surface area (Å²) in [5.41, 5.74) is 6.63. The van der Waals surface area contributed by atoms with Crippen LogP contribution in [0.5, 0.6) is 0 Å². The van der Waals surface area contributed by atoms with Crippen molar-refractivity contribution in [2.24, 2.45) is 5.73 Å². The lowest BCUT2D eigenvalue weighted by Crippen LogP contribution is -2.37. The highest BCUT2D eigenvalue weighted by atomic mass is 16.2. The van der Waals surface area contributed by atoms with Gasteiger partial charge in [0.25, 0.3) is 5.91 Å². The highest BCUT2D eigenvalue weighted by molar-refractivity contribution is 5.96. The molecule has 5 nitrogen and oxygen atoms in total. The smallest absolute Gasteiger partial charge is 0.255 e. The first-order chi connectivity index (χ1) is 10.1. The van der Waals surface area contributed by atoms with Crippen LogP contribution in [0.4, 0.5) is 0 Å². The topological polar surface area (TPSA) is 62.5 Å². The Morgan fingerprint density at radius 3 is 2.71 bits per heavy atom. The van der Waals surface area contributed by atoms with Crippen LogP contribution in [-0.4, -0.2) is 61.0 Å². The summed E-state index contributed by atoms with van der Waals surface area (Å²) in [5, 5.41) is 0. The van der Waals surface area contributed by atoms with Gasteiger partial charge in [-0.25, -0.2) is 0 Å². The Morgan fingerprint density at radius 2 is 2.10 bits per heavy atom. The lowest BCUT2D eigenvalue weighted by Gasteiger charge is -2.24. The molecule has 0 atom stereocenters. The summed E-state index contributed by atoms with van der Waals surface area (Å²) in [6, 6.07) is 1.72. The molecular weight excluding hydrogens is 264 g/mol. The molecule has 0 aromatic carbocycles. The molecule has 0 radical (unpaired) electrons. The van der Waals surface area contributed by atoms with Gasteiger partial charge in [-0.1, -0.05) is 18.8 Å². The third-order valence-electron chi connectivity index (χ3n) is 2.97. The molecule has 1 heterocycles. The van der Waals surface area contributed by atoms with Gasteiger partial charge in [-0.3, -0.25) is 9.78 Å². The number of amides is 1. The molecule has 0 saturated heterocycles. The van der Waals surface area contributed by atoms with Crippen LogP contribution in [0.3, 0.4) is 0 Å². The fraction of sp³-hybridized carbons (Fsp3) is 0.500. The summed E-state index contributed by atoms with van der Waals surface area (Å²) < 4.78 is 0. The number of hydrogen-bond acceptors (Lipinski definition) is 4. The Bertz CT molecular complexity index is 516. The van der Waals surface area contributed by atoms with Crippen molar-refractivity contribution in [3.8, 4) is 11.8 Å². The van der Waals surface area contributed by atoms with Crippen molar-refractivity contribution in [1.82, 2.24) is 14.8 Å². The molecule has 0 aliphatic rings. The molecule has 21 heavy (non-hydrogen) atoms. The van der Waals surface area contributed by atoms with Gasteiger partial charge in [0.1, 0.15) is 0 Å². The van der Waals surface area contributed by atoms with E-state index in [0.29, 0.717) is 17.7 Å². The number of carbonyl (C=O) groups is 1. The highest BCUT2D eigenvalue weighted by Crippen LogP contribution is 2.10. The van der Waals surface area contributed by atoms with E-state index in [-0.39, 0.29) is 12.5 Å². The van der Waals surface area contributed by atoms with Gasteiger partial charge in [-0.2, -0.15) is 0 Å². The SMILES string of the molecule is CCCN(CCN(C)C)C(=O)c1ccncc1C#CCN. The van der Waals surface area contributed by atoms with Gasteiger partial charge in [-0.15, -0.1) is 0 Å². The van der Waals surface area contributed by atoms with E-state index in [1.54, 1.807) is 18.5 Å². The van der Waals surface area contributed by atoms with Crippen molar-refractivity contribution in [3.05, 3.63) is 29.6 Å². The van der Waals surface area contributed by atoms with Gasteiger partial charge in [0.2, 0.25) is 0 Å². The molecule has 0 aliphatic carbocycles. The second-order valence-corrected chi connectivity index (χ2v) is 5.02. The van der Waals surface area contributed by atoms with E-state index in [1.165, 1.54) is 0 Å². The maximum Gasteiger partial charge on any atom is 0.255 e. The summed E-state index contributed by atoms with van der Waals surface area (Å²) >= 11 is 0. The molecule has 0 fully saturated rings. The largest absolute Gasteiger partial charge is 0.337 e. The van der Waals surface area contributed by atoms with Crippen LogP contribution in [0.25, 0.3) is 0 Å². The zero-order valence-electron chi connectivity index (χ0n) is 13.1. The van der Waals surface area contributed by atoms with Gasteiger partial charge in [-0.05, 0) is 26.6 Å². The van der Waals surface area contributed by atoms with E-state index in [0.717, 1.165) is 19.5 Å². The van der Waals surface area contributed by atoms with Crippen molar-refractivity contribution in [3.63, 3.8) is 0 Å². The molecule has 1 amide bonds. The number of hydrogen-bond donors (Lipinski definition) is 1. The molecule has 0 spiro atoms. The monoisotopic (exact) mass is 288 g/mol. The van der Waals surface area contributed by atoms with Crippen molar-refractivity contribution < 1.29 is 4.79 Å². The Labute approximate surface area is 127 Å². The number of nitrogens with zero attached hydrogens (tertiary/aromatic N) is 3. The molecule has 2 N–H and O–H groups in total. The predicted molar refractivity (Wildman–Crippen MR) is 84.9 cm³/mol. The number of pyridine rings is 1. The van der Waals surface area contributed by atoms with Gasteiger partial charge >= 0.3 is 0 Å². The standard InChI is InChI=1S/C16H24N4O/c1-4-10-20(12-11-19(2)3)16(21)15-7-9-18-13-14(15)6-5-8-17/h7,9,13H,4,8,10-12,17H2,1-3H3. The Hall–Kier alpha value is -1.90. The third-order valence-corrected chi connectivity index (χ3v) is 2.97. The molecule has 114 valence electrons. The molecule has 0 saturated carbocycles. The molecule has 1 aromatic heterocycles. The zero-order valence-corrected chi connectivity index (χ0v) is 13.1. The first-order valence-electron chi connectivity index (χ1n) is 7.17. The molecule has 1 rings (SSSR count). The van der Waals surface area contributed by atoms with Gasteiger partial charge in [0.05, 0.1) is 17.7 Å². The molecule has 1 aromatic rings. The Balaban J connectivity index is 2.97. The highest BCUT2D eigenvalue weighted by Gasteiger charge is 2.17. The third kappa shape index (κ3) is 5.54. The molecular formula is C16H24N4O. The number of nitrogens with two attached hydrogens (primary N) is 1. The van der Waals surface area contributed by atoms with Crippen molar-refractivity contribution in [2.45, 2.75) is 13.3 Å². The maximum atomic E-state index is 12.7. The number of likely N-dealkylation sites (N-methyl/N-ethyl adjacent to an activating group) is 1. The first-order valence-corrected chi connectivity index (χ1v) is 7.17. The van der Waals surface area contributed by atoms with Crippen LogP contribution in [0.15, 0.2) is 18.5 Å². The van der Waals surface area contributed by atoms with E-state index in [2.05, 4.69) is 28.6 Å². The normalized spacial score (nSPS) is 10.1. The van der Waals surface area contributed by atoms with E-state index < -0.39 is 0 Å². The zero-order chi connectivity index (χ0) is 15.7. The minimum absolute atomic E-state index is 0.00224. The van der Waals surface area contributed by atoms with Crippen molar-refractivity contribution >= 4 is 5.91 Å². The van der Waals surface area contributed by atoms with Gasteiger partial charge < -0.3 is 15.5 Å². The number of aromatic nitrogens is 1. The molecule has 5 heteroatoms. The Morgan fingerprint density at radius 1 is 1.33 bits per heavy atom. The Kier molecular flexibility index (Phi) is 7.44. The quantitative estimate of drug-likeness (QED) is 0.787. The predicted octanol–water partition coefficient (Wildman–Crippen LogP) is 0.806. The molecule has 0 bridgehead atoms.